The first-order valence-electron chi connectivity index (χ1n) is 18.4. The summed E-state index contributed by atoms with van der Waals surface area (Å²) in [5.74, 6) is 1.95. The van der Waals surface area contributed by atoms with Gasteiger partial charge in [-0.05, 0) is 63.6 Å². The van der Waals surface area contributed by atoms with Gasteiger partial charge in [-0.25, -0.2) is 19.9 Å². The van der Waals surface area contributed by atoms with Crippen molar-refractivity contribution in [2.75, 3.05) is 0 Å². The average Bonchev–Trinajstić information content (AvgIpc) is 3.24. The summed E-state index contributed by atoms with van der Waals surface area (Å²) in [6.07, 6.45) is 6.36. The molecule has 4 nitrogen and oxygen atoms in total. The third kappa shape index (κ3) is 6.81. The van der Waals surface area contributed by atoms with E-state index >= 15 is 0 Å². The molecule has 0 unspecified atom stereocenters. The molecule has 7 aromatic carbocycles. The second-order valence-corrected chi connectivity index (χ2v) is 13.3. The zero-order valence-corrected chi connectivity index (χ0v) is 29.7. The second-order valence-electron chi connectivity index (χ2n) is 13.3. The maximum absolute atomic E-state index is 5.22. The van der Waals surface area contributed by atoms with E-state index in [1.165, 1.54) is 11.1 Å². The number of rotatable bonds is 7. The number of aliphatic imine (C=N–C) groups is 1. The Kier molecular flexibility index (Phi) is 9.06. The lowest BCUT2D eigenvalue weighted by atomic mass is 9.92. The summed E-state index contributed by atoms with van der Waals surface area (Å²) in [4.78, 5) is 20.2. The molecule has 0 aliphatic carbocycles. The predicted octanol–water partition coefficient (Wildman–Crippen LogP) is 12.4. The Hall–Kier alpha value is -7.04. The minimum absolute atomic E-state index is 0.650. The maximum Gasteiger partial charge on any atom is 0.164 e. The van der Waals surface area contributed by atoms with Crippen LogP contribution < -0.4 is 0 Å². The molecule has 0 N–H and O–H groups in total. The Morgan fingerprint density at radius 1 is 0.352 bits per heavy atom. The van der Waals surface area contributed by atoms with Gasteiger partial charge in [0.1, 0.15) is 0 Å². The molecule has 2 heterocycles. The van der Waals surface area contributed by atoms with E-state index < -0.39 is 0 Å². The van der Waals surface area contributed by atoms with Gasteiger partial charge in [-0.1, -0.05) is 182 Å². The molecule has 1 aromatic heterocycles. The molecule has 0 saturated carbocycles. The number of hydrogen-bond donors (Lipinski definition) is 0. The highest BCUT2D eigenvalue weighted by Gasteiger charge is 2.17. The molecule has 1 aliphatic rings. The Labute approximate surface area is 315 Å². The first-order valence-corrected chi connectivity index (χ1v) is 18.4. The SMILES string of the molecule is C1=C(c2ccccc2)/N=C(c2ccccc2)\C=C(\c2ccc(-c3ccc(-c4nc(-c5ccccc5)nc(-c5ccccc5)n4)c4ccccc34)cc2)CC\1. The van der Waals surface area contributed by atoms with Gasteiger partial charge in [0.25, 0.3) is 0 Å². The van der Waals surface area contributed by atoms with Crippen molar-refractivity contribution >= 4 is 27.8 Å². The number of aromatic nitrogens is 3. The summed E-state index contributed by atoms with van der Waals surface area (Å²) in [5.41, 5.74) is 11.9. The van der Waals surface area contributed by atoms with Gasteiger partial charge < -0.3 is 0 Å². The zero-order valence-electron chi connectivity index (χ0n) is 29.7. The second kappa shape index (κ2) is 14.9. The van der Waals surface area contributed by atoms with Crippen molar-refractivity contribution in [3.8, 4) is 45.3 Å². The fourth-order valence-electron chi connectivity index (χ4n) is 7.12. The van der Waals surface area contributed by atoms with Crippen LogP contribution in [0.4, 0.5) is 0 Å². The summed E-state index contributed by atoms with van der Waals surface area (Å²) in [7, 11) is 0. The summed E-state index contributed by atoms with van der Waals surface area (Å²) in [6, 6.07) is 63.0. The van der Waals surface area contributed by atoms with Gasteiger partial charge in [0.2, 0.25) is 0 Å². The van der Waals surface area contributed by atoms with Crippen LogP contribution in [0.3, 0.4) is 0 Å². The minimum atomic E-state index is 0.650. The van der Waals surface area contributed by atoms with Crippen molar-refractivity contribution < 1.29 is 0 Å². The van der Waals surface area contributed by atoms with Crippen LogP contribution in [0.1, 0.15) is 29.5 Å². The zero-order chi connectivity index (χ0) is 36.1. The van der Waals surface area contributed by atoms with Crippen LogP contribution >= 0.6 is 0 Å². The Morgan fingerprint density at radius 2 is 0.815 bits per heavy atom. The van der Waals surface area contributed by atoms with E-state index in [1.54, 1.807) is 0 Å². The van der Waals surface area contributed by atoms with Crippen molar-refractivity contribution in [1.29, 1.82) is 0 Å². The van der Waals surface area contributed by atoms with Crippen molar-refractivity contribution in [3.63, 3.8) is 0 Å². The van der Waals surface area contributed by atoms with Gasteiger partial charge in [0.15, 0.2) is 17.5 Å². The number of fused-ring (bicyclic) bond motifs is 1. The monoisotopic (exact) mass is 692 g/mol. The molecule has 0 radical (unpaired) electrons. The molecule has 54 heavy (non-hydrogen) atoms. The first kappa shape index (κ1) is 32.8. The van der Waals surface area contributed by atoms with E-state index in [9.17, 15) is 0 Å². The minimum Gasteiger partial charge on any atom is -0.248 e. The fourth-order valence-corrected chi connectivity index (χ4v) is 7.12. The largest absolute Gasteiger partial charge is 0.248 e. The number of allylic oxidation sites excluding steroid dienone is 3. The van der Waals surface area contributed by atoms with Gasteiger partial charge in [-0.2, -0.15) is 0 Å². The number of benzene rings is 7. The first-order chi connectivity index (χ1) is 26.8. The molecular formula is C50H36N4. The molecule has 0 saturated heterocycles. The molecule has 0 spiro atoms. The molecule has 0 fully saturated rings. The van der Waals surface area contributed by atoms with Gasteiger partial charge in [0.05, 0.1) is 11.4 Å². The third-order valence-electron chi connectivity index (χ3n) is 9.87. The highest BCUT2D eigenvalue weighted by molar-refractivity contribution is 6.14. The smallest absolute Gasteiger partial charge is 0.164 e. The molecular weight excluding hydrogens is 657 g/mol. The van der Waals surface area contributed by atoms with Crippen molar-refractivity contribution in [2.45, 2.75) is 12.8 Å². The van der Waals surface area contributed by atoms with E-state index in [0.717, 1.165) is 74.0 Å². The lowest BCUT2D eigenvalue weighted by Crippen LogP contribution is -2.02. The van der Waals surface area contributed by atoms with Gasteiger partial charge in [-0.15, -0.1) is 0 Å². The molecule has 9 rings (SSSR count). The van der Waals surface area contributed by atoms with E-state index in [0.29, 0.717) is 17.5 Å². The highest BCUT2D eigenvalue weighted by atomic mass is 15.0. The average molecular weight is 693 g/mol. The maximum atomic E-state index is 5.22. The van der Waals surface area contributed by atoms with Crippen LogP contribution in [0.5, 0.6) is 0 Å². The lowest BCUT2D eigenvalue weighted by Gasteiger charge is -2.15. The van der Waals surface area contributed by atoms with Gasteiger partial charge in [-0.3, -0.25) is 0 Å². The van der Waals surface area contributed by atoms with Crippen LogP contribution in [0.15, 0.2) is 199 Å². The van der Waals surface area contributed by atoms with Crippen molar-refractivity contribution in [1.82, 2.24) is 15.0 Å². The Balaban J connectivity index is 1.09. The van der Waals surface area contributed by atoms with E-state index in [-0.39, 0.29) is 0 Å². The van der Waals surface area contributed by atoms with Crippen molar-refractivity contribution in [2.24, 2.45) is 4.99 Å². The van der Waals surface area contributed by atoms with E-state index in [1.807, 2.05) is 66.7 Å². The molecule has 8 aromatic rings. The molecule has 0 atom stereocenters. The topological polar surface area (TPSA) is 51.0 Å². The lowest BCUT2D eigenvalue weighted by molar-refractivity contribution is 1.06. The summed E-state index contributed by atoms with van der Waals surface area (Å²) >= 11 is 0. The molecule has 1 aliphatic heterocycles. The van der Waals surface area contributed by atoms with Crippen LogP contribution in [0, 0.1) is 0 Å². The fraction of sp³-hybridized carbons (Fsp3) is 0.0400. The number of hydrogen-bond acceptors (Lipinski definition) is 4. The quantitative estimate of drug-likeness (QED) is 0.167. The van der Waals surface area contributed by atoms with E-state index in [2.05, 4.69) is 127 Å². The van der Waals surface area contributed by atoms with Crippen LogP contribution in [0.25, 0.3) is 67.3 Å². The van der Waals surface area contributed by atoms with Crippen LogP contribution in [-0.2, 0) is 0 Å². The Morgan fingerprint density at radius 3 is 1.41 bits per heavy atom. The summed E-state index contributed by atoms with van der Waals surface area (Å²) < 4.78 is 0. The molecule has 0 amide bonds. The normalized spacial score (nSPS) is 15.9. The van der Waals surface area contributed by atoms with Gasteiger partial charge >= 0.3 is 0 Å². The van der Waals surface area contributed by atoms with Crippen molar-refractivity contribution in [3.05, 3.63) is 211 Å². The number of nitrogens with zero attached hydrogens (tertiary/aromatic N) is 4. The summed E-state index contributed by atoms with van der Waals surface area (Å²) in [5, 5.41) is 2.24. The third-order valence-corrected chi connectivity index (χ3v) is 9.87. The van der Waals surface area contributed by atoms with Gasteiger partial charge in [0, 0.05) is 22.3 Å². The summed E-state index contributed by atoms with van der Waals surface area (Å²) in [6.45, 7) is 0. The Bertz CT molecular complexity index is 2610. The molecule has 4 heteroatoms. The predicted molar refractivity (Wildman–Crippen MR) is 224 cm³/mol. The molecule has 256 valence electrons. The van der Waals surface area contributed by atoms with E-state index in [4.69, 9.17) is 19.9 Å². The molecule has 0 bridgehead atoms. The van der Waals surface area contributed by atoms with Crippen LogP contribution in [-0.4, -0.2) is 20.7 Å². The van der Waals surface area contributed by atoms with Crippen LogP contribution in [0.2, 0.25) is 0 Å². The highest BCUT2D eigenvalue weighted by Crippen LogP contribution is 2.37. The standard InChI is InChI=1S/C50H36N4/c1-5-16-37(17-6-1)46-27-15-24-41(34-47(51-46)38-18-7-2-8-19-38)35-28-30-36(31-29-35)42-32-33-45(44-26-14-13-25-43(42)44)50-53-48(39-20-9-3-10-21-39)52-49(54-50)40-22-11-4-12-23-40/h1-14,16-23,25-34H,15,24H2/b41-34+,46-27-,51-47+.